The monoisotopic (exact) mass is 394 g/mol. The van der Waals surface area contributed by atoms with E-state index >= 15 is 0 Å². The summed E-state index contributed by atoms with van der Waals surface area (Å²) in [6.07, 6.45) is -4.35. The normalized spacial score (nSPS) is 12.5. The van der Waals surface area contributed by atoms with Crippen molar-refractivity contribution in [1.29, 1.82) is 0 Å². The smallest absolute Gasteiger partial charge is 0.296 e. The van der Waals surface area contributed by atoms with Crippen molar-refractivity contribution >= 4 is 15.7 Å². The topological polar surface area (TPSA) is 123 Å². The fourth-order valence-corrected chi connectivity index (χ4v) is 3.08. The summed E-state index contributed by atoms with van der Waals surface area (Å²) in [5.74, 6) is 0. The Balaban J connectivity index is 2.59. The van der Waals surface area contributed by atoms with Crippen LogP contribution in [0.1, 0.15) is 5.69 Å². The van der Waals surface area contributed by atoms with E-state index in [0.29, 0.717) is 11.0 Å². The van der Waals surface area contributed by atoms with Crippen LogP contribution in [-0.2, 0) is 16.2 Å². The van der Waals surface area contributed by atoms with Crippen molar-refractivity contribution in [2.45, 2.75) is 11.1 Å². The van der Waals surface area contributed by atoms with E-state index in [-0.39, 0.29) is 12.4 Å². The van der Waals surface area contributed by atoms with Gasteiger partial charge in [0.25, 0.3) is 5.69 Å². The number of benzene rings is 1. The fourth-order valence-electron chi connectivity index (χ4n) is 1.80. The van der Waals surface area contributed by atoms with Crippen molar-refractivity contribution in [2.75, 3.05) is 20.8 Å². The Morgan fingerprint density at radius 3 is 2.50 bits per heavy atom. The number of hydrogen-bond acceptors (Lipinski definition) is 7. The Morgan fingerprint density at radius 2 is 2.00 bits per heavy atom. The van der Waals surface area contributed by atoms with Crippen molar-refractivity contribution in [3.63, 3.8) is 0 Å². The Bertz CT molecular complexity index is 925. The van der Waals surface area contributed by atoms with E-state index in [4.69, 9.17) is 0 Å². The first-order chi connectivity index (χ1) is 11.9. The van der Waals surface area contributed by atoms with Crippen molar-refractivity contribution in [1.82, 2.24) is 24.6 Å². The molecule has 26 heavy (non-hydrogen) atoms. The molecule has 10 nitrogen and oxygen atoms in total. The average molecular weight is 394 g/mol. The highest BCUT2D eigenvalue weighted by Crippen LogP contribution is 2.29. The largest absolute Gasteiger partial charge is 0.436 e. The minimum absolute atomic E-state index is 0.134. The highest BCUT2D eigenvalue weighted by molar-refractivity contribution is 7.89. The number of sulfonamides is 1. The van der Waals surface area contributed by atoms with Gasteiger partial charge in [0, 0.05) is 12.1 Å². The first-order valence-electron chi connectivity index (χ1n) is 6.84. The number of hydrogen-bond donors (Lipinski definition) is 1. The Morgan fingerprint density at radius 1 is 1.35 bits per heavy atom. The molecule has 2 rings (SSSR count). The van der Waals surface area contributed by atoms with Gasteiger partial charge in [-0.25, -0.2) is 8.42 Å². The molecule has 0 aliphatic carbocycles. The predicted molar refractivity (Wildman–Crippen MR) is 81.9 cm³/mol. The van der Waals surface area contributed by atoms with Crippen molar-refractivity contribution in [2.24, 2.45) is 0 Å². The zero-order chi connectivity index (χ0) is 19.7. The van der Waals surface area contributed by atoms with Crippen LogP contribution in [0.2, 0.25) is 0 Å². The number of nitro benzene ring substituents is 1. The summed E-state index contributed by atoms with van der Waals surface area (Å²) < 4.78 is 65.2. The second kappa shape index (κ2) is 6.97. The summed E-state index contributed by atoms with van der Waals surface area (Å²) in [6, 6.07) is 2.63. The molecule has 0 fully saturated rings. The van der Waals surface area contributed by atoms with Crippen LogP contribution in [0.3, 0.4) is 0 Å². The van der Waals surface area contributed by atoms with E-state index in [9.17, 15) is 31.7 Å². The first kappa shape index (κ1) is 19.7. The second-order valence-corrected chi connectivity index (χ2v) is 7.05. The lowest BCUT2D eigenvalue weighted by Crippen LogP contribution is -2.33. The maximum atomic E-state index is 12.7. The van der Waals surface area contributed by atoms with Crippen molar-refractivity contribution < 1.29 is 26.5 Å². The maximum Gasteiger partial charge on any atom is 0.436 e. The lowest BCUT2D eigenvalue weighted by molar-refractivity contribution is -0.385. The van der Waals surface area contributed by atoms with Gasteiger partial charge in [-0.05, 0) is 20.2 Å². The highest BCUT2D eigenvalue weighted by atomic mass is 32.2. The standard InChI is InChI=1S/C12H13F3N6O4S/c1-19(2)7-17-26(24,25)10-5-8(21(22)23)3-4-9(10)20-16-6-11(18-20)12(13,14)15/h3-6,17H,7H2,1-2H3. The van der Waals surface area contributed by atoms with E-state index in [2.05, 4.69) is 14.9 Å². The van der Waals surface area contributed by atoms with E-state index in [1.807, 2.05) is 0 Å². The van der Waals surface area contributed by atoms with Gasteiger partial charge in [-0.2, -0.15) is 23.0 Å². The molecule has 0 saturated heterocycles. The zero-order valence-corrected chi connectivity index (χ0v) is 14.2. The molecule has 0 bridgehead atoms. The fraction of sp³-hybridized carbons (Fsp3) is 0.333. The number of nitrogens with one attached hydrogen (secondary N) is 1. The summed E-state index contributed by atoms with van der Waals surface area (Å²) in [5, 5.41) is 17.5. The van der Waals surface area contributed by atoms with Crippen molar-refractivity contribution in [3.05, 3.63) is 40.2 Å². The lowest BCUT2D eigenvalue weighted by atomic mass is 10.3. The van der Waals surface area contributed by atoms with E-state index < -0.39 is 37.4 Å². The summed E-state index contributed by atoms with van der Waals surface area (Å²) in [5.41, 5.74) is -2.25. The summed E-state index contributed by atoms with van der Waals surface area (Å²) in [4.78, 5) is 11.4. The molecular weight excluding hydrogens is 381 g/mol. The van der Waals surface area contributed by atoms with E-state index in [0.717, 1.165) is 18.2 Å². The van der Waals surface area contributed by atoms with Gasteiger partial charge in [-0.15, -0.1) is 9.90 Å². The van der Waals surface area contributed by atoms with Crippen LogP contribution in [0.15, 0.2) is 29.3 Å². The maximum absolute atomic E-state index is 12.7. The molecule has 142 valence electrons. The number of nitrogens with zero attached hydrogens (tertiary/aromatic N) is 5. The number of aromatic nitrogens is 3. The van der Waals surface area contributed by atoms with Crippen LogP contribution in [0.5, 0.6) is 0 Å². The molecule has 1 aromatic heterocycles. The quantitative estimate of drug-likeness (QED) is 0.440. The summed E-state index contributed by atoms with van der Waals surface area (Å²) in [7, 11) is -1.15. The third kappa shape index (κ3) is 4.33. The molecule has 1 N–H and O–H groups in total. The van der Waals surface area contributed by atoms with E-state index in [1.165, 1.54) is 4.90 Å². The molecule has 0 radical (unpaired) electrons. The second-order valence-electron chi connectivity index (χ2n) is 5.31. The van der Waals surface area contributed by atoms with Gasteiger partial charge >= 0.3 is 6.18 Å². The minimum Gasteiger partial charge on any atom is -0.296 e. The van der Waals surface area contributed by atoms with Gasteiger partial charge in [0.15, 0.2) is 5.69 Å². The summed E-state index contributed by atoms with van der Waals surface area (Å²) >= 11 is 0. The van der Waals surface area contributed by atoms with Crippen molar-refractivity contribution in [3.8, 4) is 5.69 Å². The molecule has 1 heterocycles. The molecule has 1 aromatic carbocycles. The lowest BCUT2D eigenvalue weighted by Gasteiger charge is -2.14. The number of rotatable bonds is 6. The Kier molecular flexibility index (Phi) is 5.29. The average Bonchev–Trinajstić information content (AvgIpc) is 3.02. The van der Waals surface area contributed by atoms with Crippen LogP contribution in [0.4, 0.5) is 18.9 Å². The Hall–Kier alpha value is -2.58. The molecule has 14 heteroatoms. The van der Waals surface area contributed by atoms with Gasteiger partial charge in [0.2, 0.25) is 10.0 Å². The number of alkyl halides is 3. The van der Waals surface area contributed by atoms with Gasteiger partial charge in [-0.1, -0.05) is 0 Å². The molecule has 0 aliphatic rings. The Labute approximate surface area is 145 Å². The minimum atomic E-state index is -4.78. The molecule has 0 spiro atoms. The molecule has 0 atom stereocenters. The molecule has 0 saturated carbocycles. The third-order valence-corrected chi connectivity index (χ3v) is 4.43. The first-order valence-corrected chi connectivity index (χ1v) is 8.33. The van der Waals surface area contributed by atoms with Crippen LogP contribution >= 0.6 is 0 Å². The van der Waals surface area contributed by atoms with Crippen LogP contribution < -0.4 is 4.72 Å². The molecule has 0 aliphatic heterocycles. The number of non-ortho nitro benzene ring substituents is 1. The summed E-state index contributed by atoms with van der Waals surface area (Å²) in [6.45, 7) is -0.134. The van der Waals surface area contributed by atoms with Crippen LogP contribution in [-0.4, -0.2) is 54.0 Å². The zero-order valence-electron chi connectivity index (χ0n) is 13.4. The number of halogens is 3. The van der Waals surface area contributed by atoms with Gasteiger partial charge < -0.3 is 0 Å². The molecular formula is C12H13F3N6O4S. The highest BCUT2D eigenvalue weighted by Gasteiger charge is 2.35. The third-order valence-electron chi connectivity index (χ3n) is 3.01. The van der Waals surface area contributed by atoms with E-state index in [1.54, 1.807) is 14.1 Å². The van der Waals surface area contributed by atoms with Crippen LogP contribution in [0.25, 0.3) is 5.69 Å². The van der Waals surface area contributed by atoms with Crippen LogP contribution in [0, 0.1) is 10.1 Å². The molecule has 0 unspecified atom stereocenters. The molecule has 0 amide bonds. The SMILES string of the molecule is CN(C)CNS(=O)(=O)c1cc([N+](=O)[O-])ccc1-n1ncc(C(F)(F)F)n1. The van der Waals surface area contributed by atoms with Gasteiger partial charge in [0.1, 0.15) is 10.6 Å². The number of nitro groups is 1. The predicted octanol–water partition coefficient (Wildman–Crippen LogP) is 0.992. The molecule has 2 aromatic rings. The van der Waals surface area contributed by atoms with Gasteiger partial charge in [-0.3, -0.25) is 15.0 Å². The van der Waals surface area contributed by atoms with Gasteiger partial charge in [0.05, 0.1) is 17.8 Å².